The molecule has 4 rings (SSSR count). The minimum atomic E-state index is -0.812. The molecule has 1 unspecified atom stereocenters. The number of ether oxygens (including phenoxy) is 2. The van der Waals surface area contributed by atoms with Crippen molar-refractivity contribution < 1.29 is 32.7 Å². The second-order valence-electron chi connectivity index (χ2n) is 10.5. The predicted molar refractivity (Wildman–Crippen MR) is 153 cm³/mol. The highest BCUT2D eigenvalue weighted by Crippen LogP contribution is 2.31. The molecule has 1 fully saturated rings. The highest BCUT2D eigenvalue weighted by Gasteiger charge is 2.31. The number of benzene rings is 2. The number of furan rings is 1. The van der Waals surface area contributed by atoms with Crippen LogP contribution < -0.4 is 16.4 Å². The van der Waals surface area contributed by atoms with Gasteiger partial charge in [-0.15, -0.1) is 0 Å². The van der Waals surface area contributed by atoms with Gasteiger partial charge in [0.25, 0.3) is 0 Å². The summed E-state index contributed by atoms with van der Waals surface area (Å²) < 4.78 is 28.8. The maximum absolute atomic E-state index is 13.4. The van der Waals surface area contributed by atoms with Gasteiger partial charge in [0.05, 0.1) is 6.61 Å². The first-order chi connectivity index (χ1) is 19.9. The average Bonchev–Trinajstić information content (AvgIpc) is 3.43. The minimum absolute atomic E-state index is 0.0669. The molecule has 0 aliphatic heterocycles. The van der Waals surface area contributed by atoms with Crippen LogP contribution in [-0.2, 0) is 25.5 Å². The highest BCUT2D eigenvalue weighted by atomic mass is 19.1. The van der Waals surface area contributed by atoms with E-state index in [0.29, 0.717) is 61.8 Å². The molecule has 2 atom stereocenters. The monoisotopic (exact) mass is 567 g/mol. The Morgan fingerprint density at radius 3 is 2.51 bits per heavy atom. The number of esters is 1. The van der Waals surface area contributed by atoms with E-state index in [0.717, 1.165) is 5.56 Å². The fraction of sp³-hybridized carbons (Fsp3) is 0.452. The third-order valence-corrected chi connectivity index (χ3v) is 7.55. The van der Waals surface area contributed by atoms with E-state index < -0.39 is 24.7 Å². The topological polar surface area (TPSA) is 133 Å². The van der Waals surface area contributed by atoms with Crippen LogP contribution in [0.3, 0.4) is 0 Å². The first-order valence-corrected chi connectivity index (χ1v) is 14.0. The van der Waals surface area contributed by atoms with Gasteiger partial charge in [-0.3, -0.25) is 9.59 Å². The van der Waals surface area contributed by atoms with Crippen molar-refractivity contribution in [2.45, 2.75) is 50.6 Å². The Bertz CT molecular complexity index is 1310. The Morgan fingerprint density at radius 1 is 1.05 bits per heavy atom. The minimum Gasteiger partial charge on any atom is -0.460 e. The van der Waals surface area contributed by atoms with Gasteiger partial charge in [0.2, 0.25) is 17.6 Å². The quantitative estimate of drug-likeness (QED) is 0.206. The number of halogens is 1. The standard InChI is InChI=1S/C31H38FN3O6/c1-39-14-5-15-40-31(38)28-18-23-17-24(12-13-27(23)41-28)34-30(37)26(16-20-6-3-2-4-7-20)35-29(36)22-10-8-21(9-11-22)25(33)19-32/h2-4,6-7,12-13,17-18,21-22,25-26H,5,8-11,14-16,19,33H2,1H3,(H,34,37)(H,35,36)/t21?,22?,25?,26-/m0/s1. The fourth-order valence-electron chi connectivity index (χ4n) is 5.17. The van der Waals surface area contributed by atoms with Gasteiger partial charge >= 0.3 is 5.97 Å². The summed E-state index contributed by atoms with van der Waals surface area (Å²) in [7, 11) is 1.58. The zero-order valence-electron chi connectivity index (χ0n) is 23.3. The third-order valence-electron chi connectivity index (χ3n) is 7.55. The number of alkyl halides is 1. The smallest absolute Gasteiger partial charge is 0.374 e. The number of nitrogens with one attached hydrogen (secondary N) is 2. The van der Waals surface area contributed by atoms with E-state index in [1.54, 1.807) is 31.4 Å². The van der Waals surface area contributed by atoms with Crippen molar-refractivity contribution in [3.63, 3.8) is 0 Å². The molecule has 1 aliphatic carbocycles. The van der Waals surface area contributed by atoms with Crippen LogP contribution >= 0.6 is 0 Å². The second-order valence-corrected chi connectivity index (χ2v) is 10.5. The van der Waals surface area contributed by atoms with E-state index in [4.69, 9.17) is 19.6 Å². The number of amides is 2. The van der Waals surface area contributed by atoms with Crippen LogP contribution in [0.4, 0.5) is 10.1 Å². The van der Waals surface area contributed by atoms with Gasteiger partial charge in [0.1, 0.15) is 18.3 Å². The number of fused-ring (bicyclic) bond motifs is 1. The molecule has 9 nitrogen and oxygen atoms in total. The molecule has 10 heteroatoms. The number of carbonyl (C=O) groups excluding carboxylic acids is 3. The summed E-state index contributed by atoms with van der Waals surface area (Å²) in [5, 5.41) is 6.47. The zero-order chi connectivity index (χ0) is 29.2. The van der Waals surface area contributed by atoms with Crippen molar-refractivity contribution in [2.75, 3.05) is 32.3 Å². The molecule has 3 aromatic rings. The van der Waals surface area contributed by atoms with Gasteiger partial charge in [-0.2, -0.15) is 0 Å². The summed E-state index contributed by atoms with van der Waals surface area (Å²) in [6.07, 6.45) is 3.48. The van der Waals surface area contributed by atoms with E-state index in [9.17, 15) is 18.8 Å². The van der Waals surface area contributed by atoms with Gasteiger partial charge in [0, 0.05) is 49.6 Å². The summed E-state index contributed by atoms with van der Waals surface area (Å²) >= 11 is 0. The van der Waals surface area contributed by atoms with Gasteiger partial charge in [-0.25, -0.2) is 9.18 Å². The normalized spacial score (nSPS) is 18.4. The summed E-state index contributed by atoms with van der Waals surface area (Å²) in [6.45, 7) is 0.135. The third kappa shape index (κ3) is 8.37. The van der Waals surface area contributed by atoms with Crippen molar-refractivity contribution in [3.8, 4) is 0 Å². The predicted octanol–water partition coefficient (Wildman–Crippen LogP) is 4.40. The van der Waals surface area contributed by atoms with Gasteiger partial charge in [0.15, 0.2) is 0 Å². The molecular weight excluding hydrogens is 529 g/mol. The molecule has 220 valence electrons. The van der Waals surface area contributed by atoms with Crippen molar-refractivity contribution in [1.82, 2.24) is 5.32 Å². The van der Waals surface area contributed by atoms with Crippen LogP contribution in [0, 0.1) is 11.8 Å². The van der Waals surface area contributed by atoms with Crippen LogP contribution in [0.25, 0.3) is 11.0 Å². The Balaban J connectivity index is 1.42. The largest absolute Gasteiger partial charge is 0.460 e. The van der Waals surface area contributed by atoms with Crippen LogP contribution in [0.1, 0.15) is 48.2 Å². The van der Waals surface area contributed by atoms with E-state index >= 15 is 0 Å². The molecule has 2 aromatic carbocycles. The molecule has 41 heavy (non-hydrogen) atoms. The average molecular weight is 568 g/mol. The molecule has 0 bridgehead atoms. The van der Waals surface area contributed by atoms with Gasteiger partial charge in [-0.05, 0) is 61.4 Å². The highest BCUT2D eigenvalue weighted by molar-refractivity contribution is 6.00. The summed E-state index contributed by atoms with van der Waals surface area (Å²) in [5.74, 6) is -1.24. The van der Waals surface area contributed by atoms with Crippen LogP contribution in [0.5, 0.6) is 0 Å². The van der Waals surface area contributed by atoms with Crippen molar-refractivity contribution in [1.29, 1.82) is 0 Å². The number of rotatable bonds is 13. The van der Waals surface area contributed by atoms with E-state index in [-0.39, 0.29) is 36.0 Å². The number of methoxy groups -OCH3 is 1. The van der Waals surface area contributed by atoms with Gasteiger partial charge < -0.3 is 30.3 Å². The molecule has 1 heterocycles. The van der Waals surface area contributed by atoms with Crippen molar-refractivity contribution in [2.24, 2.45) is 17.6 Å². The maximum Gasteiger partial charge on any atom is 0.374 e. The summed E-state index contributed by atoms with van der Waals surface area (Å²) in [6, 6.07) is 14.8. The van der Waals surface area contributed by atoms with Crippen LogP contribution in [0.15, 0.2) is 59.0 Å². The molecule has 0 radical (unpaired) electrons. The molecule has 2 amide bonds. The number of hydrogen-bond donors (Lipinski definition) is 3. The molecule has 4 N–H and O–H groups in total. The molecule has 1 aliphatic rings. The lowest BCUT2D eigenvalue weighted by Crippen LogP contribution is -2.48. The van der Waals surface area contributed by atoms with Crippen molar-refractivity contribution >= 4 is 34.4 Å². The SMILES string of the molecule is COCCCOC(=O)c1cc2cc(NC(=O)[C@H](Cc3ccccc3)NC(=O)C3CCC(C(N)CF)CC3)ccc2o1. The van der Waals surface area contributed by atoms with E-state index in [1.807, 2.05) is 30.3 Å². The number of carbonyl (C=O) groups is 3. The Labute approximate surface area is 238 Å². The lowest BCUT2D eigenvalue weighted by atomic mass is 9.78. The molecule has 0 spiro atoms. The lowest BCUT2D eigenvalue weighted by molar-refractivity contribution is -0.130. The first kappa shape index (κ1) is 30.2. The Morgan fingerprint density at radius 2 is 1.80 bits per heavy atom. The van der Waals surface area contributed by atoms with Gasteiger partial charge in [-0.1, -0.05) is 30.3 Å². The first-order valence-electron chi connectivity index (χ1n) is 14.0. The van der Waals surface area contributed by atoms with Crippen LogP contribution in [0.2, 0.25) is 0 Å². The number of hydrogen-bond acceptors (Lipinski definition) is 7. The van der Waals surface area contributed by atoms with E-state index in [2.05, 4.69) is 10.6 Å². The molecule has 1 aromatic heterocycles. The molecule has 0 saturated heterocycles. The second kappa shape index (κ2) is 14.7. The molecular formula is C31H38FN3O6. The van der Waals surface area contributed by atoms with E-state index in [1.165, 1.54) is 0 Å². The Hall–Kier alpha value is -3.76. The van der Waals surface area contributed by atoms with Crippen LogP contribution in [-0.4, -0.2) is 56.9 Å². The van der Waals surface area contributed by atoms with Crippen molar-refractivity contribution in [3.05, 3.63) is 65.9 Å². The summed E-state index contributed by atoms with van der Waals surface area (Å²) in [5.41, 5.74) is 7.75. The maximum atomic E-state index is 13.4. The number of anilines is 1. The zero-order valence-corrected chi connectivity index (χ0v) is 23.3. The fourth-order valence-corrected chi connectivity index (χ4v) is 5.17. The Kier molecular flexibility index (Phi) is 10.9. The summed E-state index contributed by atoms with van der Waals surface area (Å²) in [4.78, 5) is 39.0. The number of nitrogens with two attached hydrogens (primary N) is 1. The molecule has 1 saturated carbocycles. The lowest BCUT2D eigenvalue weighted by Gasteiger charge is -2.31.